The Kier molecular flexibility index (Phi) is 6.97. The summed E-state index contributed by atoms with van der Waals surface area (Å²) in [6.07, 6.45) is 0.206. The predicted octanol–water partition coefficient (Wildman–Crippen LogP) is 4.53. The van der Waals surface area contributed by atoms with Gasteiger partial charge in [0.25, 0.3) is 0 Å². The van der Waals surface area contributed by atoms with Crippen molar-refractivity contribution in [3.63, 3.8) is 0 Å². The first-order chi connectivity index (χ1) is 15.1. The number of ether oxygens (including phenoxy) is 2. The van der Waals surface area contributed by atoms with Crippen LogP contribution in [0.4, 0.5) is 18.0 Å². The maximum atomic E-state index is 12.8. The summed E-state index contributed by atoms with van der Waals surface area (Å²) in [6.45, 7) is -0.120. The van der Waals surface area contributed by atoms with Gasteiger partial charge in [-0.05, 0) is 29.3 Å². The van der Waals surface area contributed by atoms with Crippen molar-refractivity contribution in [1.82, 2.24) is 4.90 Å². The van der Waals surface area contributed by atoms with Gasteiger partial charge in [-0.2, -0.15) is 21.6 Å². The molecule has 0 aliphatic carbocycles. The molecule has 0 saturated carbocycles. The Bertz CT molecular complexity index is 1090. The fraction of sp³-hybridized carbons (Fsp3) is 0.286. The zero-order chi connectivity index (χ0) is 23.4. The molecule has 0 N–H and O–H groups in total. The van der Waals surface area contributed by atoms with Crippen LogP contribution < -0.4 is 4.74 Å². The highest BCUT2D eigenvalue weighted by atomic mass is 32.2. The number of methoxy groups -OCH3 is 1. The molecule has 1 unspecified atom stereocenters. The molecule has 1 atom stereocenters. The maximum absolute atomic E-state index is 12.8. The molecule has 0 aromatic heterocycles. The minimum atomic E-state index is -5.83. The van der Waals surface area contributed by atoms with Crippen molar-refractivity contribution < 1.29 is 40.0 Å². The van der Waals surface area contributed by atoms with Gasteiger partial charge in [0, 0.05) is 13.0 Å². The number of rotatable bonds is 6. The summed E-state index contributed by atoms with van der Waals surface area (Å²) in [5, 5.41) is 0. The number of halogens is 3. The second-order valence-electron chi connectivity index (χ2n) is 6.82. The van der Waals surface area contributed by atoms with Crippen LogP contribution in [-0.4, -0.2) is 38.6 Å². The Labute approximate surface area is 183 Å². The van der Waals surface area contributed by atoms with E-state index in [9.17, 15) is 26.4 Å². The molecule has 7 nitrogen and oxygen atoms in total. The fourth-order valence-electron chi connectivity index (χ4n) is 3.09. The van der Waals surface area contributed by atoms with E-state index in [1.165, 1.54) is 12.0 Å². The molecular formula is C21H20F3NO6S. The van der Waals surface area contributed by atoms with Crippen molar-refractivity contribution in [3.8, 4) is 5.75 Å². The zero-order valence-corrected chi connectivity index (χ0v) is 17.7. The van der Waals surface area contributed by atoms with Crippen LogP contribution >= 0.6 is 0 Å². The monoisotopic (exact) mass is 471 g/mol. The molecule has 1 aliphatic rings. The molecular weight excluding hydrogens is 451 g/mol. The number of hydrogen-bond acceptors (Lipinski definition) is 6. The molecule has 32 heavy (non-hydrogen) atoms. The Balaban J connectivity index is 1.87. The summed E-state index contributed by atoms with van der Waals surface area (Å²) in [7, 11) is -4.39. The third-order valence-electron chi connectivity index (χ3n) is 4.65. The van der Waals surface area contributed by atoms with E-state index in [1.54, 1.807) is 48.5 Å². The number of carbonyl (C=O) groups is 1. The summed E-state index contributed by atoms with van der Waals surface area (Å²) in [4.78, 5) is 14.0. The lowest BCUT2D eigenvalue weighted by Crippen LogP contribution is -2.39. The van der Waals surface area contributed by atoms with Crippen molar-refractivity contribution in [1.29, 1.82) is 0 Å². The smallest absolute Gasteiger partial charge is 0.497 e. The van der Waals surface area contributed by atoms with Crippen LogP contribution in [0.1, 0.15) is 23.6 Å². The quantitative estimate of drug-likeness (QED) is 0.455. The van der Waals surface area contributed by atoms with Gasteiger partial charge in [0.05, 0.1) is 13.2 Å². The standard InChI is InChI=1S/C21H20F3NO6S/c1-29-17-9-5-8-16(12-17)19-13-18(31-32(27,28)21(22,23)24)10-11-25(19)20(26)30-14-15-6-3-2-4-7-15/h2-9,12-13,19H,10-11,14H2,1H3. The highest BCUT2D eigenvalue weighted by Crippen LogP contribution is 2.35. The molecule has 0 saturated heterocycles. The van der Waals surface area contributed by atoms with Crippen molar-refractivity contribution in [2.75, 3.05) is 13.7 Å². The number of hydrogen-bond donors (Lipinski definition) is 0. The van der Waals surface area contributed by atoms with E-state index in [2.05, 4.69) is 4.18 Å². The summed E-state index contributed by atoms with van der Waals surface area (Å²) in [6, 6.07) is 14.5. The van der Waals surface area contributed by atoms with Gasteiger partial charge in [-0.15, -0.1) is 0 Å². The molecule has 0 radical (unpaired) electrons. The highest BCUT2D eigenvalue weighted by Gasteiger charge is 2.49. The van der Waals surface area contributed by atoms with Crippen molar-refractivity contribution in [2.24, 2.45) is 0 Å². The number of alkyl halides is 3. The lowest BCUT2D eigenvalue weighted by molar-refractivity contribution is -0.0526. The summed E-state index contributed by atoms with van der Waals surface area (Å²) < 4.78 is 75.9. The Morgan fingerprint density at radius 1 is 1.12 bits per heavy atom. The first-order valence-corrected chi connectivity index (χ1v) is 10.8. The predicted molar refractivity (Wildman–Crippen MR) is 108 cm³/mol. The number of carbonyl (C=O) groups excluding carboxylic acids is 1. The molecule has 1 amide bonds. The minimum Gasteiger partial charge on any atom is -0.497 e. The molecule has 3 rings (SSSR count). The number of amides is 1. The lowest BCUT2D eigenvalue weighted by Gasteiger charge is -2.33. The van der Waals surface area contributed by atoms with Crippen molar-refractivity contribution in [3.05, 3.63) is 77.6 Å². The van der Waals surface area contributed by atoms with Crippen LogP contribution in [0.25, 0.3) is 0 Å². The van der Waals surface area contributed by atoms with Gasteiger partial charge < -0.3 is 13.7 Å². The Hall–Kier alpha value is -3.21. The van der Waals surface area contributed by atoms with Gasteiger partial charge >= 0.3 is 21.7 Å². The van der Waals surface area contributed by atoms with Gasteiger partial charge in [0.15, 0.2) is 0 Å². The molecule has 172 valence electrons. The van der Waals surface area contributed by atoms with Gasteiger partial charge in [-0.25, -0.2) is 4.79 Å². The third kappa shape index (κ3) is 5.52. The first kappa shape index (κ1) is 23.5. The van der Waals surface area contributed by atoms with Gasteiger partial charge in [0.2, 0.25) is 0 Å². The van der Waals surface area contributed by atoms with Crippen molar-refractivity contribution >= 4 is 16.2 Å². The lowest BCUT2D eigenvalue weighted by atomic mass is 10.0. The molecule has 0 spiro atoms. The Morgan fingerprint density at radius 3 is 2.50 bits per heavy atom. The van der Waals surface area contributed by atoms with E-state index in [0.29, 0.717) is 11.3 Å². The molecule has 0 fully saturated rings. The average molecular weight is 471 g/mol. The highest BCUT2D eigenvalue weighted by molar-refractivity contribution is 7.87. The second-order valence-corrected chi connectivity index (χ2v) is 8.36. The molecule has 0 bridgehead atoms. The van der Waals surface area contributed by atoms with Crippen LogP contribution in [0.3, 0.4) is 0 Å². The summed E-state index contributed by atoms with van der Waals surface area (Å²) in [5.74, 6) is 0.0340. The first-order valence-electron chi connectivity index (χ1n) is 9.43. The third-order valence-corrected chi connectivity index (χ3v) is 5.65. The molecule has 2 aromatic rings. The molecule has 1 aliphatic heterocycles. The molecule has 1 heterocycles. The molecule has 2 aromatic carbocycles. The van der Waals surface area contributed by atoms with Crippen molar-refractivity contribution in [2.45, 2.75) is 24.6 Å². The Morgan fingerprint density at radius 2 is 1.84 bits per heavy atom. The number of nitrogens with zero attached hydrogens (tertiary/aromatic N) is 1. The van der Waals surface area contributed by atoms with Crippen LogP contribution in [0.5, 0.6) is 5.75 Å². The summed E-state index contributed by atoms with van der Waals surface area (Å²) >= 11 is 0. The van der Waals surface area contributed by atoms with E-state index in [-0.39, 0.29) is 19.6 Å². The fourth-order valence-corrected chi connectivity index (χ4v) is 3.60. The van der Waals surface area contributed by atoms with E-state index >= 15 is 0 Å². The van der Waals surface area contributed by atoms with Gasteiger partial charge in [-0.1, -0.05) is 42.5 Å². The van der Waals surface area contributed by atoms with Gasteiger partial charge in [-0.3, -0.25) is 4.90 Å². The second kappa shape index (κ2) is 9.51. The van der Waals surface area contributed by atoms with E-state index in [1.807, 2.05) is 6.07 Å². The normalized spacial score (nSPS) is 16.8. The van der Waals surface area contributed by atoms with E-state index in [4.69, 9.17) is 9.47 Å². The van der Waals surface area contributed by atoms with E-state index < -0.39 is 33.5 Å². The van der Waals surface area contributed by atoms with E-state index in [0.717, 1.165) is 11.6 Å². The zero-order valence-electron chi connectivity index (χ0n) is 16.9. The largest absolute Gasteiger partial charge is 0.534 e. The number of benzene rings is 2. The summed E-state index contributed by atoms with van der Waals surface area (Å²) in [5.41, 5.74) is -4.33. The van der Waals surface area contributed by atoms with Crippen LogP contribution in [0, 0.1) is 0 Å². The minimum absolute atomic E-state index is 0.00344. The van der Waals surface area contributed by atoms with Crippen LogP contribution in [-0.2, 0) is 25.6 Å². The average Bonchev–Trinajstić information content (AvgIpc) is 2.77. The molecule has 11 heteroatoms. The SMILES string of the molecule is COc1cccc(C2C=C(OS(=O)(=O)C(F)(F)F)CCN2C(=O)OCc2ccccc2)c1. The maximum Gasteiger partial charge on any atom is 0.534 e. The van der Waals surface area contributed by atoms with Crippen LogP contribution in [0.2, 0.25) is 0 Å². The van der Waals surface area contributed by atoms with Gasteiger partial charge in [0.1, 0.15) is 18.1 Å². The topological polar surface area (TPSA) is 82.1 Å². The van der Waals surface area contributed by atoms with Crippen LogP contribution in [0.15, 0.2) is 66.4 Å².